The molecule has 108 valence electrons. The first-order chi connectivity index (χ1) is 9.74. The number of benzene rings is 1. The molecule has 1 saturated heterocycles. The van der Waals surface area contributed by atoms with E-state index in [-0.39, 0.29) is 12.1 Å². The molecule has 0 radical (unpaired) electrons. The molecule has 2 aliphatic rings. The molecular formula is C15H21N3O2. The fourth-order valence-electron chi connectivity index (χ4n) is 3.09. The van der Waals surface area contributed by atoms with E-state index < -0.39 is 0 Å². The average Bonchev–Trinajstić information content (AvgIpc) is 2.47. The molecule has 0 saturated carbocycles. The van der Waals surface area contributed by atoms with Crippen LogP contribution in [0.15, 0.2) is 24.3 Å². The normalized spacial score (nSPS) is 23.4. The summed E-state index contributed by atoms with van der Waals surface area (Å²) >= 11 is 0. The summed E-state index contributed by atoms with van der Waals surface area (Å²) in [7, 11) is 0. The third-order valence-electron chi connectivity index (χ3n) is 4.21. The molecule has 0 spiro atoms. The van der Waals surface area contributed by atoms with E-state index >= 15 is 0 Å². The number of primary amides is 1. The van der Waals surface area contributed by atoms with Gasteiger partial charge in [0.1, 0.15) is 0 Å². The summed E-state index contributed by atoms with van der Waals surface area (Å²) in [5.41, 5.74) is 8.11. The fraction of sp³-hybridized carbons (Fsp3) is 0.533. The summed E-state index contributed by atoms with van der Waals surface area (Å²) in [6, 6.07) is 8.15. The molecule has 1 atom stereocenters. The van der Waals surface area contributed by atoms with E-state index in [0.29, 0.717) is 6.54 Å². The molecule has 5 heteroatoms. The monoisotopic (exact) mass is 275 g/mol. The molecule has 2 aliphatic heterocycles. The first kappa shape index (κ1) is 13.4. The number of nitrogens with zero attached hydrogens (tertiary/aromatic N) is 2. The van der Waals surface area contributed by atoms with Gasteiger partial charge < -0.3 is 15.4 Å². The molecular weight excluding hydrogens is 254 g/mol. The maximum atomic E-state index is 11.7. The molecule has 5 nitrogen and oxygen atoms in total. The lowest BCUT2D eigenvalue weighted by Gasteiger charge is -2.39. The second-order valence-electron chi connectivity index (χ2n) is 5.51. The van der Waals surface area contributed by atoms with Crippen molar-refractivity contribution in [1.29, 1.82) is 0 Å². The SMILES string of the molecule is NC(=O)N1Cc2ccccc2C[C@H]1CN1CCOCC1. The number of amides is 2. The molecule has 1 aromatic carbocycles. The van der Waals surface area contributed by atoms with Gasteiger partial charge in [0.2, 0.25) is 0 Å². The number of urea groups is 1. The molecule has 1 aromatic rings. The Morgan fingerprint density at radius 3 is 2.65 bits per heavy atom. The zero-order chi connectivity index (χ0) is 13.9. The number of fused-ring (bicyclic) bond motifs is 1. The van der Waals surface area contributed by atoms with Crippen LogP contribution in [0.4, 0.5) is 4.79 Å². The lowest BCUT2D eigenvalue weighted by atomic mass is 9.94. The third kappa shape index (κ3) is 2.78. The van der Waals surface area contributed by atoms with Crippen LogP contribution in [0.5, 0.6) is 0 Å². The average molecular weight is 275 g/mol. The van der Waals surface area contributed by atoms with Gasteiger partial charge in [-0.1, -0.05) is 24.3 Å². The molecule has 2 amide bonds. The van der Waals surface area contributed by atoms with Gasteiger partial charge in [0, 0.05) is 26.2 Å². The van der Waals surface area contributed by atoms with Crippen molar-refractivity contribution in [3.05, 3.63) is 35.4 Å². The van der Waals surface area contributed by atoms with Crippen molar-refractivity contribution in [3.8, 4) is 0 Å². The zero-order valence-corrected chi connectivity index (χ0v) is 11.6. The van der Waals surface area contributed by atoms with Crippen LogP contribution in [0.2, 0.25) is 0 Å². The quantitative estimate of drug-likeness (QED) is 0.869. The van der Waals surface area contributed by atoms with Crippen LogP contribution < -0.4 is 5.73 Å². The standard InChI is InChI=1S/C15H21N3O2/c16-15(19)18-10-13-4-2-1-3-12(13)9-14(18)11-17-5-7-20-8-6-17/h1-4,14H,5-11H2,(H2,16,19)/t14-/m0/s1. The molecule has 0 bridgehead atoms. The van der Waals surface area contributed by atoms with E-state index in [9.17, 15) is 4.79 Å². The minimum absolute atomic E-state index is 0.167. The Bertz CT molecular complexity index is 486. The fourth-order valence-corrected chi connectivity index (χ4v) is 3.09. The van der Waals surface area contributed by atoms with Gasteiger partial charge in [-0.15, -0.1) is 0 Å². The Kier molecular flexibility index (Phi) is 3.89. The number of nitrogens with two attached hydrogens (primary N) is 1. The Morgan fingerprint density at radius 1 is 1.25 bits per heavy atom. The second-order valence-corrected chi connectivity index (χ2v) is 5.51. The lowest BCUT2D eigenvalue weighted by Crippen LogP contribution is -2.53. The van der Waals surface area contributed by atoms with Gasteiger partial charge in [-0.25, -0.2) is 4.79 Å². The summed E-state index contributed by atoms with van der Waals surface area (Å²) in [6.07, 6.45) is 0.885. The van der Waals surface area contributed by atoms with E-state index in [1.807, 2.05) is 6.07 Å². The van der Waals surface area contributed by atoms with Gasteiger partial charge in [0.05, 0.1) is 19.3 Å². The lowest BCUT2D eigenvalue weighted by molar-refractivity contribution is 0.0248. The summed E-state index contributed by atoms with van der Waals surface area (Å²) in [6.45, 7) is 4.93. The number of hydrogen-bond donors (Lipinski definition) is 1. The number of carbonyl (C=O) groups is 1. The van der Waals surface area contributed by atoms with Crippen molar-refractivity contribution < 1.29 is 9.53 Å². The van der Waals surface area contributed by atoms with Gasteiger partial charge >= 0.3 is 6.03 Å². The van der Waals surface area contributed by atoms with Crippen LogP contribution in [0.1, 0.15) is 11.1 Å². The zero-order valence-electron chi connectivity index (χ0n) is 11.6. The Balaban J connectivity index is 1.75. The summed E-state index contributed by atoms with van der Waals surface area (Å²) in [5, 5.41) is 0. The highest BCUT2D eigenvalue weighted by molar-refractivity contribution is 5.73. The van der Waals surface area contributed by atoms with Crippen LogP contribution in [0.3, 0.4) is 0 Å². The first-order valence-electron chi connectivity index (χ1n) is 7.17. The number of carbonyl (C=O) groups excluding carboxylic acids is 1. The number of rotatable bonds is 2. The van der Waals surface area contributed by atoms with Crippen LogP contribution >= 0.6 is 0 Å². The van der Waals surface area contributed by atoms with E-state index in [1.54, 1.807) is 4.90 Å². The van der Waals surface area contributed by atoms with Gasteiger partial charge in [-0.05, 0) is 17.5 Å². The first-order valence-corrected chi connectivity index (χ1v) is 7.17. The smallest absolute Gasteiger partial charge is 0.315 e. The molecule has 20 heavy (non-hydrogen) atoms. The van der Waals surface area contributed by atoms with Crippen LogP contribution in [0, 0.1) is 0 Å². The van der Waals surface area contributed by atoms with Crippen molar-refractivity contribution in [2.24, 2.45) is 5.73 Å². The highest BCUT2D eigenvalue weighted by atomic mass is 16.5. The van der Waals surface area contributed by atoms with Crippen molar-refractivity contribution in [3.63, 3.8) is 0 Å². The minimum Gasteiger partial charge on any atom is -0.379 e. The molecule has 0 aliphatic carbocycles. The largest absolute Gasteiger partial charge is 0.379 e. The van der Waals surface area contributed by atoms with Crippen LogP contribution in [0.25, 0.3) is 0 Å². The molecule has 1 fully saturated rings. The number of morpholine rings is 1. The number of ether oxygens (including phenoxy) is 1. The van der Waals surface area contributed by atoms with E-state index in [4.69, 9.17) is 10.5 Å². The number of hydrogen-bond acceptors (Lipinski definition) is 3. The van der Waals surface area contributed by atoms with Gasteiger partial charge in [0.25, 0.3) is 0 Å². The summed E-state index contributed by atoms with van der Waals surface area (Å²) in [4.78, 5) is 15.9. The van der Waals surface area contributed by atoms with Crippen molar-refractivity contribution in [2.45, 2.75) is 19.0 Å². The molecule has 0 aromatic heterocycles. The Labute approximate surface area is 119 Å². The van der Waals surface area contributed by atoms with E-state index in [2.05, 4.69) is 23.1 Å². The predicted molar refractivity (Wildman–Crippen MR) is 76.3 cm³/mol. The van der Waals surface area contributed by atoms with Gasteiger partial charge in [-0.3, -0.25) is 4.90 Å². The third-order valence-corrected chi connectivity index (χ3v) is 4.21. The van der Waals surface area contributed by atoms with Gasteiger partial charge in [-0.2, -0.15) is 0 Å². The van der Waals surface area contributed by atoms with Gasteiger partial charge in [0.15, 0.2) is 0 Å². The van der Waals surface area contributed by atoms with Crippen molar-refractivity contribution in [2.75, 3.05) is 32.8 Å². The summed E-state index contributed by atoms with van der Waals surface area (Å²) < 4.78 is 5.37. The van der Waals surface area contributed by atoms with Crippen LogP contribution in [-0.2, 0) is 17.7 Å². The van der Waals surface area contributed by atoms with E-state index in [0.717, 1.165) is 39.3 Å². The summed E-state index contributed by atoms with van der Waals surface area (Å²) in [5.74, 6) is 0. The minimum atomic E-state index is -0.322. The van der Waals surface area contributed by atoms with Crippen molar-refractivity contribution in [1.82, 2.24) is 9.80 Å². The molecule has 0 unspecified atom stereocenters. The van der Waals surface area contributed by atoms with Crippen molar-refractivity contribution >= 4 is 6.03 Å². The predicted octanol–water partition coefficient (Wildman–Crippen LogP) is 0.824. The molecule has 3 rings (SSSR count). The second kappa shape index (κ2) is 5.81. The topological polar surface area (TPSA) is 58.8 Å². The highest BCUT2D eigenvalue weighted by Gasteiger charge is 2.30. The molecule has 2 heterocycles. The molecule has 2 N–H and O–H groups in total. The van der Waals surface area contributed by atoms with E-state index in [1.165, 1.54) is 11.1 Å². The Hall–Kier alpha value is -1.59. The maximum Gasteiger partial charge on any atom is 0.315 e. The highest BCUT2D eigenvalue weighted by Crippen LogP contribution is 2.23. The van der Waals surface area contributed by atoms with Crippen LogP contribution in [-0.4, -0.2) is 54.7 Å². The Morgan fingerprint density at radius 2 is 1.95 bits per heavy atom. The maximum absolute atomic E-state index is 11.7.